The van der Waals surface area contributed by atoms with Gasteiger partial charge in [-0.2, -0.15) is 10.4 Å². The van der Waals surface area contributed by atoms with Crippen molar-refractivity contribution in [3.05, 3.63) is 78.4 Å². The minimum atomic E-state index is 0.260. The molecule has 1 aliphatic rings. The monoisotopic (exact) mass is 460 g/mol. The van der Waals surface area contributed by atoms with Crippen molar-refractivity contribution >= 4 is 27.5 Å². The Balaban J connectivity index is 1.45. The number of pyridine rings is 2. The SMILES string of the molecule is Cc1nn(-c2cnc(C#N)c(NC3CCOCC3)c2)c2cccc(-c3cnc4ccccc4c3)c12. The van der Waals surface area contributed by atoms with Gasteiger partial charge in [0.1, 0.15) is 6.07 Å². The van der Waals surface area contributed by atoms with E-state index in [1.54, 1.807) is 6.20 Å². The Kier molecular flexibility index (Phi) is 5.36. The lowest BCUT2D eigenvalue weighted by Gasteiger charge is -2.24. The maximum absolute atomic E-state index is 9.62. The molecule has 0 radical (unpaired) electrons. The van der Waals surface area contributed by atoms with Crippen LogP contribution in [0.2, 0.25) is 0 Å². The fraction of sp³-hybridized carbons (Fsp3) is 0.214. The summed E-state index contributed by atoms with van der Waals surface area (Å²) in [5, 5.41) is 20.2. The summed E-state index contributed by atoms with van der Waals surface area (Å²) < 4.78 is 7.38. The molecule has 6 rings (SSSR count). The Labute approximate surface area is 203 Å². The number of para-hydroxylation sites is 1. The van der Waals surface area contributed by atoms with Crippen LogP contribution in [0.4, 0.5) is 5.69 Å². The van der Waals surface area contributed by atoms with E-state index in [1.165, 1.54) is 0 Å². The molecule has 172 valence electrons. The Bertz CT molecular complexity index is 1590. The Morgan fingerprint density at radius 1 is 1.03 bits per heavy atom. The van der Waals surface area contributed by atoms with Gasteiger partial charge in [0.2, 0.25) is 0 Å². The molecule has 0 saturated carbocycles. The van der Waals surface area contributed by atoms with Crippen molar-refractivity contribution in [1.29, 1.82) is 5.26 Å². The van der Waals surface area contributed by atoms with E-state index in [4.69, 9.17) is 9.84 Å². The second kappa shape index (κ2) is 8.82. The average Bonchev–Trinajstić information content (AvgIpc) is 3.25. The molecule has 0 spiro atoms. The van der Waals surface area contributed by atoms with Gasteiger partial charge < -0.3 is 10.1 Å². The topological polar surface area (TPSA) is 88.7 Å². The highest BCUT2D eigenvalue weighted by molar-refractivity contribution is 5.99. The third-order valence-electron chi connectivity index (χ3n) is 6.59. The summed E-state index contributed by atoms with van der Waals surface area (Å²) in [6.45, 7) is 3.47. The predicted octanol–water partition coefficient (Wildman–Crippen LogP) is 5.41. The summed E-state index contributed by atoms with van der Waals surface area (Å²) in [7, 11) is 0. The zero-order chi connectivity index (χ0) is 23.8. The van der Waals surface area contributed by atoms with E-state index in [2.05, 4.69) is 45.6 Å². The third-order valence-corrected chi connectivity index (χ3v) is 6.59. The number of hydrogen-bond acceptors (Lipinski definition) is 6. The van der Waals surface area contributed by atoms with E-state index in [0.717, 1.165) is 76.1 Å². The number of nitriles is 1. The van der Waals surface area contributed by atoms with Crippen molar-refractivity contribution in [2.45, 2.75) is 25.8 Å². The number of ether oxygens (including phenoxy) is 1. The second-order valence-corrected chi connectivity index (χ2v) is 8.85. The average molecular weight is 461 g/mol. The molecule has 2 aromatic carbocycles. The first-order valence-electron chi connectivity index (χ1n) is 11.8. The maximum atomic E-state index is 9.62. The van der Waals surface area contributed by atoms with Gasteiger partial charge in [-0.1, -0.05) is 30.3 Å². The van der Waals surface area contributed by atoms with Gasteiger partial charge >= 0.3 is 0 Å². The van der Waals surface area contributed by atoms with Gasteiger partial charge in [-0.15, -0.1) is 0 Å². The largest absolute Gasteiger partial charge is 0.381 e. The first-order valence-corrected chi connectivity index (χ1v) is 11.8. The Hall–Kier alpha value is -4.28. The van der Waals surface area contributed by atoms with Gasteiger partial charge in [-0.3, -0.25) is 4.98 Å². The molecule has 4 heterocycles. The number of benzene rings is 2. The van der Waals surface area contributed by atoms with Crippen LogP contribution < -0.4 is 5.32 Å². The van der Waals surface area contributed by atoms with Gasteiger partial charge in [0.15, 0.2) is 5.69 Å². The Morgan fingerprint density at radius 2 is 1.89 bits per heavy atom. The van der Waals surface area contributed by atoms with Crippen LogP contribution in [0, 0.1) is 18.3 Å². The van der Waals surface area contributed by atoms with Crippen LogP contribution in [-0.2, 0) is 4.74 Å². The van der Waals surface area contributed by atoms with Crippen molar-refractivity contribution in [2.75, 3.05) is 18.5 Å². The molecule has 1 aliphatic heterocycles. The molecule has 1 N–H and O–H groups in total. The number of aryl methyl sites for hydroxylation is 1. The van der Waals surface area contributed by atoms with Crippen molar-refractivity contribution < 1.29 is 4.74 Å². The fourth-order valence-electron chi connectivity index (χ4n) is 4.84. The van der Waals surface area contributed by atoms with Gasteiger partial charge in [-0.05, 0) is 49.6 Å². The number of aromatic nitrogens is 4. The summed E-state index contributed by atoms with van der Waals surface area (Å²) >= 11 is 0. The fourth-order valence-corrected chi connectivity index (χ4v) is 4.84. The van der Waals surface area contributed by atoms with Crippen molar-refractivity contribution in [3.8, 4) is 22.9 Å². The number of nitrogens with zero attached hydrogens (tertiary/aromatic N) is 5. The van der Waals surface area contributed by atoms with E-state index in [1.807, 2.05) is 48.1 Å². The van der Waals surface area contributed by atoms with Gasteiger partial charge in [0, 0.05) is 41.8 Å². The number of anilines is 1. The molecule has 0 aliphatic carbocycles. The van der Waals surface area contributed by atoms with Crippen LogP contribution in [0.5, 0.6) is 0 Å². The molecule has 35 heavy (non-hydrogen) atoms. The number of rotatable bonds is 4. The van der Waals surface area contributed by atoms with Crippen molar-refractivity contribution in [1.82, 2.24) is 19.7 Å². The van der Waals surface area contributed by atoms with Crippen LogP contribution >= 0.6 is 0 Å². The first kappa shape index (κ1) is 21.3. The smallest absolute Gasteiger partial charge is 0.163 e. The van der Waals surface area contributed by atoms with Gasteiger partial charge in [0.05, 0.1) is 34.3 Å². The summed E-state index contributed by atoms with van der Waals surface area (Å²) in [5.74, 6) is 0. The normalized spacial score (nSPS) is 14.3. The van der Waals surface area contributed by atoms with E-state index >= 15 is 0 Å². The van der Waals surface area contributed by atoms with Crippen molar-refractivity contribution in [2.24, 2.45) is 0 Å². The van der Waals surface area contributed by atoms with Crippen molar-refractivity contribution in [3.63, 3.8) is 0 Å². The summed E-state index contributed by atoms with van der Waals surface area (Å²) in [5.41, 5.74) is 6.95. The number of nitrogens with one attached hydrogen (secondary N) is 1. The summed E-state index contributed by atoms with van der Waals surface area (Å²) in [6.07, 6.45) is 5.45. The molecule has 1 fully saturated rings. The summed E-state index contributed by atoms with van der Waals surface area (Å²) in [6, 6.07) is 21.0. The number of fused-ring (bicyclic) bond motifs is 2. The quantitative estimate of drug-likeness (QED) is 0.386. The summed E-state index contributed by atoms with van der Waals surface area (Å²) in [4.78, 5) is 9.10. The molecular weight excluding hydrogens is 436 g/mol. The van der Waals surface area contributed by atoms with Crippen LogP contribution in [0.3, 0.4) is 0 Å². The van der Waals surface area contributed by atoms with Crippen LogP contribution in [0.25, 0.3) is 38.6 Å². The molecule has 7 nitrogen and oxygen atoms in total. The van der Waals surface area contributed by atoms with Crippen LogP contribution in [-0.4, -0.2) is 39.0 Å². The molecule has 0 amide bonds. The lowest BCUT2D eigenvalue weighted by Crippen LogP contribution is -2.28. The van der Waals surface area contributed by atoms with Crippen LogP contribution in [0.1, 0.15) is 24.2 Å². The van der Waals surface area contributed by atoms with Gasteiger partial charge in [0.25, 0.3) is 0 Å². The Morgan fingerprint density at radius 3 is 2.74 bits per heavy atom. The molecule has 7 heteroatoms. The van der Waals surface area contributed by atoms with E-state index in [-0.39, 0.29) is 6.04 Å². The zero-order valence-electron chi connectivity index (χ0n) is 19.4. The minimum absolute atomic E-state index is 0.260. The molecule has 0 atom stereocenters. The minimum Gasteiger partial charge on any atom is -0.381 e. The molecule has 3 aromatic heterocycles. The van der Waals surface area contributed by atoms with E-state index < -0.39 is 0 Å². The highest BCUT2D eigenvalue weighted by Crippen LogP contribution is 2.33. The first-order chi connectivity index (χ1) is 17.2. The molecule has 5 aromatic rings. The van der Waals surface area contributed by atoms with E-state index in [0.29, 0.717) is 5.69 Å². The predicted molar refractivity (Wildman–Crippen MR) is 137 cm³/mol. The number of hydrogen-bond donors (Lipinski definition) is 1. The lowest BCUT2D eigenvalue weighted by atomic mass is 10.0. The zero-order valence-corrected chi connectivity index (χ0v) is 19.4. The van der Waals surface area contributed by atoms with E-state index in [9.17, 15) is 5.26 Å². The standard InChI is InChI=1S/C28H24N6O/c1-18-28-23(20-13-19-5-2-3-7-24(19)30-16-20)6-4-8-27(28)34(33-18)22-14-25(26(15-29)31-17-22)32-21-9-11-35-12-10-21/h2-8,13-14,16-17,21,32H,9-12H2,1H3. The second-order valence-electron chi connectivity index (χ2n) is 8.85. The highest BCUT2D eigenvalue weighted by atomic mass is 16.5. The molecule has 0 unspecified atom stereocenters. The highest BCUT2D eigenvalue weighted by Gasteiger charge is 2.18. The maximum Gasteiger partial charge on any atom is 0.163 e. The third kappa shape index (κ3) is 3.88. The van der Waals surface area contributed by atoms with Gasteiger partial charge in [-0.25, -0.2) is 9.67 Å². The lowest BCUT2D eigenvalue weighted by molar-refractivity contribution is 0.0904. The molecule has 0 bridgehead atoms. The van der Waals surface area contributed by atoms with Crippen LogP contribution in [0.15, 0.2) is 67.0 Å². The molecular formula is C28H24N6O. The molecule has 1 saturated heterocycles.